The molecule has 0 radical (unpaired) electrons. The zero-order valence-corrected chi connectivity index (χ0v) is 42.0. The molecular formula is C46H76O29. The van der Waals surface area contributed by atoms with E-state index >= 15 is 0 Å². The smallest absolute Gasteiger partial charge is 0.333 e. The van der Waals surface area contributed by atoms with E-state index in [1.54, 1.807) is 6.92 Å². The van der Waals surface area contributed by atoms with Crippen LogP contribution in [0.2, 0.25) is 0 Å². The molecule has 0 bridgehead atoms. The Balaban J connectivity index is 1.07. The molecule has 6 rings (SSSR count). The van der Waals surface area contributed by atoms with E-state index in [1.165, 1.54) is 14.0 Å². The maximum absolute atomic E-state index is 12.5. The molecule has 0 aromatic carbocycles. The summed E-state index contributed by atoms with van der Waals surface area (Å²) in [5.41, 5.74) is 0. The molecule has 0 saturated carbocycles. The first kappa shape index (κ1) is 61.7. The molecule has 434 valence electrons. The lowest BCUT2D eigenvalue weighted by Gasteiger charge is -2.48. The molecule has 11 unspecified atom stereocenters. The Morgan fingerprint density at radius 2 is 1.03 bits per heavy atom. The summed E-state index contributed by atoms with van der Waals surface area (Å²) in [4.78, 5) is 35.1. The summed E-state index contributed by atoms with van der Waals surface area (Å²) < 4.78 is 79.0. The number of esters is 1. The van der Waals surface area contributed by atoms with E-state index in [9.17, 15) is 75.7 Å². The van der Waals surface area contributed by atoms with Crippen LogP contribution in [0, 0.1) is 29.6 Å². The minimum absolute atomic E-state index is 0.0726. The van der Waals surface area contributed by atoms with Crippen LogP contribution in [0.4, 0.5) is 0 Å². The van der Waals surface area contributed by atoms with Crippen molar-refractivity contribution in [3.05, 3.63) is 0 Å². The molecule has 6 fully saturated rings. The van der Waals surface area contributed by atoms with Crippen molar-refractivity contribution in [1.82, 2.24) is 0 Å². The highest BCUT2D eigenvalue weighted by atomic mass is 16.9. The van der Waals surface area contributed by atoms with Gasteiger partial charge in [0.25, 0.3) is 6.47 Å². The molecule has 0 aromatic heterocycles. The SMILES string of the molecule is COC[C@@H]1OC(CO)[C@@H](COC[C@@H]2O[C@@H](CO)[C@@H](C)C(O)C2O)[C@@H](COC[C@H]2OC(COC(C)=O)[C@@H](O)[C@@H](O)C2COC[C@@H]2OC(C(=O)O)[C@@H](COC[C@@H]3OC4COC(C)(OC=O)O[C@H]4[C@@H](O)C3O)[C@@H](O)C2O)C1O. The van der Waals surface area contributed by atoms with Gasteiger partial charge in [-0.3, -0.25) is 9.59 Å². The highest BCUT2D eigenvalue weighted by Crippen LogP contribution is 2.37. The van der Waals surface area contributed by atoms with Gasteiger partial charge in [-0.25, -0.2) is 4.79 Å². The van der Waals surface area contributed by atoms with E-state index in [0.717, 1.165) is 6.92 Å². The van der Waals surface area contributed by atoms with Crippen LogP contribution < -0.4 is 0 Å². The third-order valence-electron chi connectivity index (χ3n) is 14.9. The number of carbonyl (C=O) groups is 3. The van der Waals surface area contributed by atoms with Crippen LogP contribution >= 0.6 is 0 Å². The van der Waals surface area contributed by atoms with E-state index in [0.29, 0.717) is 0 Å². The summed E-state index contributed by atoms with van der Waals surface area (Å²) in [6.45, 7) is -0.572. The van der Waals surface area contributed by atoms with Crippen molar-refractivity contribution in [2.24, 2.45) is 29.6 Å². The predicted octanol–water partition coefficient (Wildman–Crippen LogP) is -7.22. The number of methoxy groups -OCH3 is 1. The average molecular weight is 1090 g/mol. The number of fused-ring (bicyclic) bond motifs is 1. The highest BCUT2D eigenvalue weighted by molar-refractivity contribution is 5.73. The second kappa shape index (κ2) is 28.1. The molecule has 29 heteroatoms. The highest BCUT2D eigenvalue weighted by Gasteiger charge is 2.54. The number of aliphatic hydroxyl groups is 11. The van der Waals surface area contributed by atoms with Gasteiger partial charge in [0, 0.05) is 50.5 Å². The van der Waals surface area contributed by atoms with Gasteiger partial charge in [0.05, 0.1) is 122 Å². The van der Waals surface area contributed by atoms with Crippen molar-refractivity contribution in [1.29, 1.82) is 0 Å². The van der Waals surface area contributed by atoms with Crippen molar-refractivity contribution in [2.75, 3.05) is 93.0 Å². The van der Waals surface area contributed by atoms with Gasteiger partial charge >= 0.3 is 17.9 Å². The lowest BCUT2D eigenvalue weighted by molar-refractivity contribution is -0.429. The predicted molar refractivity (Wildman–Crippen MR) is 240 cm³/mol. The van der Waals surface area contributed by atoms with E-state index in [4.69, 9.17) is 66.3 Å². The number of carbonyl (C=O) groups excluding carboxylic acids is 2. The number of hydrogen-bond acceptors (Lipinski definition) is 28. The molecule has 26 atom stereocenters. The second-order valence-corrected chi connectivity index (χ2v) is 20.0. The van der Waals surface area contributed by atoms with Crippen LogP contribution in [-0.2, 0) is 80.7 Å². The number of hydrogen-bond donors (Lipinski definition) is 12. The van der Waals surface area contributed by atoms with Crippen molar-refractivity contribution < 1.29 is 142 Å². The van der Waals surface area contributed by atoms with E-state index in [1.807, 2.05) is 0 Å². The normalized spacial score (nSPS) is 45.3. The Kier molecular flexibility index (Phi) is 23.1. The summed E-state index contributed by atoms with van der Waals surface area (Å²) in [7, 11) is 1.39. The third-order valence-corrected chi connectivity index (χ3v) is 14.9. The first-order valence-corrected chi connectivity index (χ1v) is 24.9. The summed E-state index contributed by atoms with van der Waals surface area (Å²) in [5, 5.41) is 130. The minimum Gasteiger partial charge on any atom is -0.479 e. The molecule has 0 amide bonds. The van der Waals surface area contributed by atoms with Gasteiger partial charge in [-0.2, -0.15) is 0 Å². The first-order valence-electron chi connectivity index (χ1n) is 24.9. The number of carboxylic acids is 1. The number of aliphatic hydroxyl groups excluding tert-OH is 11. The minimum atomic E-state index is -1.84. The standard InChI is InChI=1S/C46H76O29/c1-19-25(5-47)70-29(38(55)34(19)51)13-63-7-21-22(35(52)28(11-62-4)71-26(21)6-48)8-64-12-27-23(36(53)40(57)32(72-27)16-67-20(2)50)9-65-15-31-39(56)37(54)24(43(74-31)45(60)61)10-66-14-30-41(58)42(59)44-33(73-30)17-68-46(3,75-44)69-18-49/h18-19,21-44,47-48,51-59H,5-17H2,1-4H3,(H,60,61)/t19-,21+,22-,23?,24+,25+,26?,27-,28+,29+,30+,31+,32?,33?,34?,35?,36+,37-,38?,39?,40-,41?,42+,43?,44-,46?/m1/s1. The molecule has 6 saturated heterocycles. The van der Waals surface area contributed by atoms with Gasteiger partial charge in [-0.15, -0.1) is 0 Å². The molecule has 6 aliphatic rings. The van der Waals surface area contributed by atoms with Crippen molar-refractivity contribution in [2.45, 2.75) is 149 Å². The van der Waals surface area contributed by atoms with Crippen LogP contribution in [0.15, 0.2) is 0 Å². The van der Waals surface area contributed by atoms with Crippen molar-refractivity contribution in [3.63, 3.8) is 0 Å². The first-order chi connectivity index (χ1) is 35.7. The number of rotatable bonds is 25. The van der Waals surface area contributed by atoms with Gasteiger partial charge in [-0.05, 0) is 0 Å². The molecule has 0 aromatic rings. The van der Waals surface area contributed by atoms with Crippen LogP contribution in [0.25, 0.3) is 0 Å². The van der Waals surface area contributed by atoms with E-state index < -0.39 is 216 Å². The number of aliphatic carboxylic acids is 1. The van der Waals surface area contributed by atoms with Crippen LogP contribution in [0.1, 0.15) is 20.8 Å². The van der Waals surface area contributed by atoms with E-state index in [-0.39, 0.29) is 46.1 Å². The molecule has 6 aliphatic heterocycles. The van der Waals surface area contributed by atoms with Gasteiger partial charge < -0.3 is 128 Å². The lowest BCUT2D eigenvalue weighted by atomic mass is 9.79. The Labute approximate surface area is 431 Å². The molecule has 0 spiro atoms. The molecular weight excluding hydrogens is 1020 g/mol. The van der Waals surface area contributed by atoms with E-state index in [2.05, 4.69) is 0 Å². The van der Waals surface area contributed by atoms with Crippen molar-refractivity contribution >= 4 is 18.4 Å². The summed E-state index contributed by atoms with van der Waals surface area (Å²) in [5.74, 6) is -8.76. The summed E-state index contributed by atoms with van der Waals surface area (Å²) in [6, 6.07) is 0. The van der Waals surface area contributed by atoms with Gasteiger partial charge in [-0.1, -0.05) is 6.92 Å². The summed E-state index contributed by atoms with van der Waals surface area (Å²) >= 11 is 0. The number of carboxylic acid groups (broad SMARTS) is 1. The number of ether oxygens (including phenoxy) is 14. The zero-order valence-electron chi connectivity index (χ0n) is 42.0. The zero-order chi connectivity index (χ0) is 54.9. The molecule has 6 heterocycles. The Bertz CT molecular complexity index is 1770. The van der Waals surface area contributed by atoms with Crippen molar-refractivity contribution in [3.8, 4) is 0 Å². The maximum atomic E-state index is 12.5. The monoisotopic (exact) mass is 1090 g/mol. The van der Waals surface area contributed by atoms with Gasteiger partial charge in [0.2, 0.25) is 0 Å². The third kappa shape index (κ3) is 14.8. The van der Waals surface area contributed by atoms with Crippen LogP contribution in [-0.4, -0.2) is 301 Å². The fourth-order valence-corrected chi connectivity index (χ4v) is 10.4. The molecule has 75 heavy (non-hydrogen) atoms. The lowest BCUT2D eigenvalue weighted by Crippen LogP contribution is -2.66. The quantitative estimate of drug-likeness (QED) is 0.0298. The summed E-state index contributed by atoms with van der Waals surface area (Å²) in [6.07, 6.45) is -26.4. The average Bonchev–Trinajstić information content (AvgIpc) is 3.37. The van der Waals surface area contributed by atoms with Gasteiger partial charge in [0.1, 0.15) is 79.9 Å². The largest absolute Gasteiger partial charge is 0.479 e. The second-order valence-electron chi connectivity index (χ2n) is 20.0. The fourth-order valence-electron chi connectivity index (χ4n) is 10.4. The topological polar surface area (TPSA) is 423 Å². The van der Waals surface area contributed by atoms with Crippen LogP contribution in [0.3, 0.4) is 0 Å². The Hall–Kier alpha value is -2.51. The van der Waals surface area contributed by atoms with Gasteiger partial charge in [0.15, 0.2) is 6.10 Å². The van der Waals surface area contributed by atoms with Crippen LogP contribution in [0.5, 0.6) is 0 Å². The molecule has 29 nitrogen and oxygen atoms in total. The Morgan fingerprint density at radius 1 is 0.547 bits per heavy atom. The fraction of sp³-hybridized carbons (Fsp3) is 0.935. The molecule has 12 N–H and O–H groups in total. The molecule has 0 aliphatic carbocycles. The Morgan fingerprint density at radius 3 is 1.61 bits per heavy atom. The maximum Gasteiger partial charge on any atom is 0.333 e.